The van der Waals surface area contributed by atoms with Crippen LogP contribution in [0.4, 0.5) is 4.79 Å². The van der Waals surface area contributed by atoms with Gasteiger partial charge < -0.3 is 10.2 Å². The molecule has 0 saturated carbocycles. The average molecular weight is 390 g/mol. The van der Waals surface area contributed by atoms with E-state index in [9.17, 15) is 14.4 Å². The second kappa shape index (κ2) is 8.30. The van der Waals surface area contributed by atoms with Crippen molar-refractivity contribution in [3.8, 4) is 5.13 Å². The van der Waals surface area contributed by atoms with Crippen molar-refractivity contribution >= 4 is 29.2 Å². The van der Waals surface area contributed by atoms with Crippen LogP contribution in [0.3, 0.4) is 0 Å². The average Bonchev–Trinajstić information content (AvgIpc) is 3.20. The summed E-state index contributed by atoms with van der Waals surface area (Å²) in [5.74, 6) is -0.405. The summed E-state index contributed by atoms with van der Waals surface area (Å²) in [4.78, 5) is 40.7. The monoisotopic (exact) mass is 390 g/mol. The van der Waals surface area contributed by atoms with E-state index < -0.39 is 6.03 Å². The second-order valence-corrected chi connectivity index (χ2v) is 7.24. The number of urea groups is 1. The molecule has 0 unspecified atom stereocenters. The smallest absolute Gasteiger partial charge is 0.324 e. The molecule has 2 aromatic heterocycles. The largest absolute Gasteiger partial charge is 0.356 e. The number of nitrogens with one attached hydrogen (secondary N) is 2. The predicted octanol–water partition coefficient (Wildman–Crippen LogP) is 0.936. The Hall–Kier alpha value is -2.75. The fraction of sp³-hybridized carbons (Fsp3) is 0.471. The Bertz CT molecular complexity index is 859. The highest BCUT2D eigenvalue weighted by Crippen LogP contribution is 2.17. The van der Waals surface area contributed by atoms with Crippen molar-refractivity contribution < 1.29 is 14.4 Å². The molecule has 2 N–H and O–H groups in total. The molecule has 1 fully saturated rings. The summed E-state index contributed by atoms with van der Waals surface area (Å²) in [6.45, 7) is 5.05. The lowest BCUT2D eigenvalue weighted by Gasteiger charge is -2.26. The Kier molecular flexibility index (Phi) is 5.84. The number of imide groups is 1. The molecule has 2 aromatic rings. The number of aromatic nitrogens is 3. The van der Waals surface area contributed by atoms with Crippen molar-refractivity contribution in [3.63, 3.8) is 0 Å². The van der Waals surface area contributed by atoms with Gasteiger partial charge in [-0.2, -0.15) is 5.10 Å². The summed E-state index contributed by atoms with van der Waals surface area (Å²) < 4.78 is 1.82. The minimum absolute atomic E-state index is 0.131. The predicted molar refractivity (Wildman–Crippen MR) is 99.8 cm³/mol. The molecule has 0 radical (unpaired) electrons. The van der Waals surface area contributed by atoms with Gasteiger partial charge in [0, 0.05) is 50.0 Å². The number of aryl methyl sites for hydroxylation is 2. The molecule has 0 atom stereocenters. The van der Waals surface area contributed by atoms with Crippen LogP contribution in [0.1, 0.15) is 29.9 Å². The highest BCUT2D eigenvalue weighted by atomic mass is 32.1. The molecule has 9 nitrogen and oxygen atoms in total. The van der Waals surface area contributed by atoms with E-state index in [1.54, 1.807) is 0 Å². The Morgan fingerprint density at radius 2 is 2.19 bits per heavy atom. The number of carbonyl (C=O) groups excluding carboxylic acids is 3. The van der Waals surface area contributed by atoms with Gasteiger partial charge in [0.1, 0.15) is 0 Å². The molecule has 144 valence electrons. The molecule has 1 aliphatic rings. The fourth-order valence-corrected chi connectivity index (χ4v) is 3.66. The third-order valence-corrected chi connectivity index (χ3v) is 5.05. The van der Waals surface area contributed by atoms with E-state index in [0.717, 1.165) is 22.2 Å². The lowest BCUT2D eigenvalue weighted by atomic mass is 10.2. The van der Waals surface area contributed by atoms with E-state index in [4.69, 9.17) is 0 Å². The van der Waals surface area contributed by atoms with Gasteiger partial charge in [-0.1, -0.05) is 0 Å². The molecular formula is C17H22N6O3S. The minimum atomic E-state index is -0.432. The molecule has 3 heterocycles. The molecule has 0 aromatic carbocycles. The van der Waals surface area contributed by atoms with Crippen LogP contribution in [0.5, 0.6) is 0 Å². The zero-order valence-electron chi connectivity index (χ0n) is 15.3. The number of amides is 4. The van der Waals surface area contributed by atoms with Crippen LogP contribution < -0.4 is 10.6 Å². The molecule has 0 spiro atoms. The SMILES string of the molecule is Cc1cc(C)n(-c2nc(CCNC(=O)CCN3CCC(=O)NC3=O)cs2)n1. The molecule has 0 aliphatic carbocycles. The zero-order valence-corrected chi connectivity index (χ0v) is 16.1. The van der Waals surface area contributed by atoms with Crippen molar-refractivity contribution in [2.24, 2.45) is 0 Å². The number of carbonyl (C=O) groups is 3. The van der Waals surface area contributed by atoms with Crippen LogP contribution in [-0.2, 0) is 16.0 Å². The van der Waals surface area contributed by atoms with Crippen molar-refractivity contribution in [3.05, 3.63) is 28.5 Å². The number of rotatable bonds is 7. The first-order valence-electron chi connectivity index (χ1n) is 8.76. The third-order valence-electron chi connectivity index (χ3n) is 4.18. The summed E-state index contributed by atoms with van der Waals surface area (Å²) >= 11 is 1.52. The van der Waals surface area contributed by atoms with Crippen molar-refractivity contribution in [2.45, 2.75) is 33.1 Å². The van der Waals surface area contributed by atoms with Crippen LogP contribution in [0.25, 0.3) is 5.13 Å². The maximum atomic E-state index is 12.0. The van der Waals surface area contributed by atoms with Gasteiger partial charge in [-0.05, 0) is 19.9 Å². The van der Waals surface area contributed by atoms with Gasteiger partial charge in [-0.3, -0.25) is 14.9 Å². The zero-order chi connectivity index (χ0) is 19.4. The third kappa shape index (κ3) is 4.91. The summed E-state index contributed by atoms with van der Waals surface area (Å²) in [6, 6.07) is 1.57. The maximum absolute atomic E-state index is 12.0. The molecule has 1 aliphatic heterocycles. The summed E-state index contributed by atoms with van der Waals surface area (Å²) in [5.41, 5.74) is 2.88. The lowest BCUT2D eigenvalue weighted by Crippen LogP contribution is -2.50. The van der Waals surface area contributed by atoms with Crippen LogP contribution in [0.15, 0.2) is 11.4 Å². The highest BCUT2D eigenvalue weighted by Gasteiger charge is 2.22. The Balaban J connectivity index is 1.41. The standard InChI is InChI=1S/C17H22N6O3S/c1-11-9-12(2)23(21-11)17-19-13(10-27-17)3-6-18-14(24)4-7-22-8-5-15(25)20-16(22)26/h9-10H,3-8H2,1-2H3,(H,18,24)(H,20,25,26). The van der Waals surface area contributed by atoms with Gasteiger partial charge in [-0.15, -0.1) is 11.3 Å². The topological polar surface area (TPSA) is 109 Å². The number of thiazole rings is 1. The summed E-state index contributed by atoms with van der Waals surface area (Å²) in [7, 11) is 0. The van der Waals surface area contributed by atoms with Gasteiger partial charge in [0.25, 0.3) is 0 Å². The normalized spacial score (nSPS) is 14.4. The fourth-order valence-electron chi connectivity index (χ4n) is 2.80. The van der Waals surface area contributed by atoms with Crippen molar-refractivity contribution in [2.75, 3.05) is 19.6 Å². The Labute approximate surface area is 160 Å². The first-order valence-corrected chi connectivity index (χ1v) is 9.64. The maximum Gasteiger partial charge on any atom is 0.324 e. The van der Waals surface area contributed by atoms with E-state index in [1.807, 2.05) is 30.0 Å². The lowest BCUT2D eigenvalue weighted by molar-refractivity contribution is -0.121. The van der Waals surface area contributed by atoms with Gasteiger partial charge in [0.05, 0.1) is 11.4 Å². The van der Waals surface area contributed by atoms with E-state index in [-0.39, 0.29) is 24.7 Å². The van der Waals surface area contributed by atoms with Gasteiger partial charge in [-0.25, -0.2) is 14.5 Å². The molecule has 4 amide bonds. The minimum Gasteiger partial charge on any atom is -0.356 e. The first kappa shape index (κ1) is 19.0. The van der Waals surface area contributed by atoms with Crippen molar-refractivity contribution in [1.29, 1.82) is 0 Å². The summed E-state index contributed by atoms with van der Waals surface area (Å²) in [6.07, 6.45) is 1.10. The van der Waals surface area contributed by atoms with Crippen molar-refractivity contribution in [1.82, 2.24) is 30.3 Å². The van der Waals surface area contributed by atoms with Gasteiger partial charge >= 0.3 is 6.03 Å². The molecule has 27 heavy (non-hydrogen) atoms. The molecular weight excluding hydrogens is 368 g/mol. The number of hydrogen-bond acceptors (Lipinski definition) is 6. The number of nitrogens with zero attached hydrogens (tertiary/aromatic N) is 4. The van der Waals surface area contributed by atoms with E-state index in [1.165, 1.54) is 16.2 Å². The summed E-state index contributed by atoms with van der Waals surface area (Å²) in [5, 5.41) is 12.3. The second-order valence-electron chi connectivity index (χ2n) is 6.40. The van der Waals surface area contributed by atoms with Crippen LogP contribution >= 0.6 is 11.3 Å². The molecule has 3 rings (SSSR count). The van der Waals surface area contributed by atoms with E-state index in [0.29, 0.717) is 26.1 Å². The van der Waals surface area contributed by atoms with Crippen LogP contribution in [0.2, 0.25) is 0 Å². The van der Waals surface area contributed by atoms with Gasteiger partial charge in [0.15, 0.2) is 0 Å². The van der Waals surface area contributed by atoms with Crippen LogP contribution in [0, 0.1) is 13.8 Å². The number of hydrogen-bond donors (Lipinski definition) is 2. The molecule has 1 saturated heterocycles. The quantitative estimate of drug-likeness (QED) is 0.731. The first-order chi connectivity index (χ1) is 12.9. The Morgan fingerprint density at radius 3 is 2.89 bits per heavy atom. The van der Waals surface area contributed by atoms with Crippen LogP contribution in [-0.4, -0.2) is 57.1 Å². The highest BCUT2D eigenvalue weighted by molar-refractivity contribution is 7.12. The Morgan fingerprint density at radius 1 is 1.37 bits per heavy atom. The van der Waals surface area contributed by atoms with E-state index >= 15 is 0 Å². The molecule has 0 bridgehead atoms. The van der Waals surface area contributed by atoms with Gasteiger partial charge in [0.2, 0.25) is 16.9 Å². The van der Waals surface area contributed by atoms with E-state index in [2.05, 4.69) is 20.7 Å². The molecule has 10 heteroatoms.